The van der Waals surface area contributed by atoms with Crippen LogP contribution in [-0.2, 0) is 11.8 Å². The van der Waals surface area contributed by atoms with Gasteiger partial charge in [-0.05, 0) is 37.4 Å². The highest BCUT2D eigenvalue weighted by atomic mass is 16.5. The summed E-state index contributed by atoms with van der Waals surface area (Å²) < 4.78 is 8.42. The number of nitrogens with zero attached hydrogens (tertiary/aromatic N) is 2. The quantitative estimate of drug-likeness (QED) is 0.725. The molecule has 8 heteroatoms. The van der Waals surface area contributed by atoms with Crippen LogP contribution < -0.4 is 21.2 Å². The molecule has 2 N–H and O–H groups in total. The van der Waals surface area contributed by atoms with Gasteiger partial charge in [0, 0.05) is 37.1 Å². The summed E-state index contributed by atoms with van der Waals surface area (Å²) in [6, 6.07) is 7.21. The van der Waals surface area contributed by atoms with Crippen molar-refractivity contribution >= 4 is 22.6 Å². The molecule has 1 amide bonds. The number of fused-ring (bicyclic) bond motifs is 2. The number of pyridine rings is 1. The fourth-order valence-electron chi connectivity index (χ4n) is 3.88. The van der Waals surface area contributed by atoms with E-state index in [1.807, 2.05) is 26.0 Å². The third kappa shape index (κ3) is 2.64. The molecule has 0 fully saturated rings. The summed E-state index contributed by atoms with van der Waals surface area (Å²) in [5.41, 5.74) is 1.07. The van der Waals surface area contributed by atoms with E-state index in [9.17, 15) is 14.4 Å². The Morgan fingerprint density at radius 1 is 1.18 bits per heavy atom. The number of H-pyrrole nitrogens is 1. The molecule has 28 heavy (non-hydrogen) atoms. The number of hydrogen-bond acceptors (Lipinski definition) is 4. The Morgan fingerprint density at radius 2 is 1.93 bits per heavy atom. The van der Waals surface area contributed by atoms with E-state index in [4.69, 9.17) is 4.74 Å². The lowest BCUT2D eigenvalue weighted by Gasteiger charge is -2.24. The van der Waals surface area contributed by atoms with Crippen LogP contribution in [0.1, 0.15) is 43.4 Å². The van der Waals surface area contributed by atoms with Crippen molar-refractivity contribution in [1.29, 1.82) is 0 Å². The molecule has 0 aliphatic carbocycles. The molecular formula is C20H22N4O4. The molecule has 3 aromatic rings. The van der Waals surface area contributed by atoms with Crippen molar-refractivity contribution in [2.45, 2.75) is 32.2 Å². The van der Waals surface area contributed by atoms with Crippen molar-refractivity contribution in [1.82, 2.24) is 14.3 Å². The molecule has 1 aliphatic heterocycles. The topological polar surface area (TPSA) is 98.1 Å². The molecule has 1 atom stereocenters. The van der Waals surface area contributed by atoms with E-state index in [1.165, 1.54) is 4.57 Å². The van der Waals surface area contributed by atoms with Crippen LogP contribution in [0.3, 0.4) is 0 Å². The smallest absolute Gasteiger partial charge is 0.270 e. The van der Waals surface area contributed by atoms with Gasteiger partial charge in [-0.15, -0.1) is 0 Å². The van der Waals surface area contributed by atoms with E-state index in [-0.39, 0.29) is 29.5 Å². The van der Waals surface area contributed by atoms with Gasteiger partial charge in [-0.3, -0.25) is 24.2 Å². The second-order valence-electron chi connectivity index (χ2n) is 7.36. The van der Waals surface area contributed by atoms with Crippen LogP contribution in [0.5, 0.6) is 5.75 Å². The first-order chi connectivity index (χ1) is 13.3. The van der Waals surface area contributed by atoms with Gasteiger partial charge < -0.3 is 14.6 Å². The van der Waals surface area contributed by atoms with Crippen molar-refractivity contribution < 1.29 is 9.53 Å². The van der Waals surface area contributed by atoms with Crippen LogP contribution in [-0.4, -0.2) is 27.4 Å². The first-order valence-corrected chi connectivity index (χ1v) is 9.13. The number of nitrogens with one attached hydrogen (secondary N) is 2. The Hall–Kier alpha value is -3.29. The van der Waals surface area contributed by atoms with Crippen molar-refractivity contribution in [3.63, 3.8) is 0 Å². The summed E-state index contributed by atoms with van der Waals surface area (Å²) in [7, 11) is 3.25. The Labute approximate surface area is 160 Å². The highest BCUT2D eigenvalue weighted by Crippen LogP contribution is 2.35. The molecule has 4 rings (SSSR count). The maximum Gasteiger partial charge on any atom is 0.270 e. The average Bonchev–Trinajstić information content (AvgIpc) is 3.00. The highest BCUT2D eigenvalue weighted by Gasteiger charge is 2.34. The van der Waals surface area contributed by atoms with Gasteiger partial charge >= 0.3 is 0 Å². The predicted octanol–water partition coefficient (Wildman–Crippen LogP) is 2.09. The fraction of sp³-hybridized carbons (Fsp3) is 0.350. The minimum absolute atomic E-state index is 0.0394. The average molecular weight is 382 g/mol. The van der Waals surface area contributed by atoms with Crippen LogP contribution in [0.15, 0.2) is 33.9 Å². The first-order valence-electron chi connectivity index (χ1n) is 9.13. The molecule has 0 radical (unpaired) electrons. The number of methoxy groups -OCH3 is 1. The monoisotopic (exact) mass is 382 g/mol. The molecule has 2 aromatic heterocycles. The second-order valence-corrected chi connectivity index (χ2v) is 7.36. The standard InChI is InChI=1S/C20H22N4O4/c1-10(2)24-18-17(19(26)22-24)13(9-16(25)21-18)14-7-11-5-6-12(28-4)8-15(11)23(3)20(14)27/h5-8,10,13H,9H2,1-4H3,(H,21,25)(H,22,26)/t13-/m0/s1. The lowest BCUT2D eigenvalue weighted by atomic mass is 9.87. The van der Waals surface area contributed by atoms with Gasteiger partial charge in [-0.1, -0.05) is 0 Å². The molecule has 3 heterocycles. The summed E-state index contributed by atoms with van der Waals surface area (Å²) in [4.78, 5) is 38.2. The zero-order chi connectivity index (χ0) is 20.2. The molecule has 8 nitrogen and oxygen atoms in total. The maximum atomic E-state index is 13.1. The molecule has 0 bridgehead atoms. The van der Waals surface area contributed by atoms with Gasteiger partial charge in [0.2, 0.25) is 5.91 Å². The summed E-state index contributed by atoms with van der Waals surface area (Å²) in [6.45, 7) is 3.82. The van der Waals surface area contributed by atoms with Gasteiger partial charge in [0.25, 0.3) is 11.1 Å². The molecule has 0 unspecified atom stereocenters. The number of ether oxygens (including phenoxy) is 1. The van der Waals surface area contributed by atoms with Crippen molar-refractivity contribution in [2.75, 3.05) is 12.4 Å². The normalized spacial score (nSPS) is 16.3. The number of rotatable bonds is 3. The van der Waals surface area contributed by atoms with Crippen molar-refractivity contribution in [3.8, 4) is 5.75 Å². The van der Waals surface area contributed by atoms with E-state index in [2.05, 4.69) is 10.4 Å². The minimum Gasteiger partial charge on any atom is -0.497 e. The number of carbonyl (C=O) groups is 1. The van der Waals surface area contributed by atoms with Crippen LogP contribution in [0.4, 0.5) is 5.82 Å². The summed E-state index contributed by atoms with van der Waals surface area (Å²) >= 11 is 0. The van der Waals surface area contributed by atoms with Gasteiger partial charge in [0.15, 0.2) is 0 Å². The summed E-state index contributed by atoms with van der Waals surface area (Å²) in [6.07, 6.45) is 0.0507. The molecule has 1 aliphatic rings. The largest absolute Gasteiger partial charge is 0.497 e. The number of aromatic amines is 1. The van der Waals surface area contributed by atoms with E-state index < -0.39 is 5.92 Å². The lowest BCUT2D eigenvalue weighted by Crippen LogP contribution is -2.32. The van der Waals surface area contributed by atoms with E-state index in [0.29, 0.717) is 22.7 Å². The molecule has 0 spiro atoms. The van der Waals surface area contributed by atoms with Crippen LogP contribution in [0.25, 0.3) is 10.9 Å². The first kappa shape index (κ1) is 18.1. The Balaban J connectivity index is 1.97. The van der Waals surface area contributed by atoms with Gasteiger partial charge in [0.05, 0.1) is 18.2 Å². The number of aromatic nitrogens is 3. The predicted molar refractivity (Wildman–Crippen MR) is 106 cm³/mol. The number of amides is 1. The fourth-order valence-corrected chi connectivity index (χ4v) is 3.88. The summed E-state index contributed by atoms with van der Waals surface area (Å²) in [5, 5.41) is 6.40. The second kappa shape index (κ2) is 6.40. The molecule has 0 saturated carbocycles. The zero-order valence-corrected chi connectivity index (χ0v) is 16.2. The highest BCUT2D eigenvalue weighted by molar-refractivity contribution is 5.94. The Kier molecular flexibility index (Phi) is 4.14. The number of aryl methyl sites for hydroxylation is 1. The Morgan fingerprint density at radius 3 is 2.61 bits per heavy atom. The van der Waals surface area contributed by atoms with Crippen molar-refractivity contribution in [2.24, 2.45) is 7.05 Å². The number of benzene rings is 1. The Bertz CT molecular complexity index is 1220. The number of carbonyl (C=O) groups excluding carboxylic acids is 1. The number of anilines is 1. The minimum atomic E-state index is -0.599. The van der Waals surface area contributed by atoms with Gasteiger partial charge in [-0.2, -0.15) is 0 Å². The van der Waals surface area contributed by atoms with Gasteiger partial charge in [-0.25, -0.2) is 0 Å². The molecule has 146 valence electrons. The zero-order valence-electron chi connectivity index (χ0n) is 16.2. The van der Waals surface area contributed by atoms with E-state index >= 15 is 0 Å². The maximum absolute atomic E-state index is 13.1. The SMILES string of the molecule is COc1ccc2cc([C@@H]3CC(=O)Nc4c3c(=O)[nH]n4C(C)C)c(=O)n(C)c2c1. The third-order valence-electron chi connectivity index (χ3n) is 5.31. The number of hydrogen-bond donors (Lipinski definition) is 2. The van der Waals surface area contributed by atoms with Crippen LogP contribution >= 0.6 is 0 Å². The third-order valence-corrected chi connectivity index (χ3v) is 5.31. The molecule has 0 saturated heterocycles. The van der Waals surface area contributed by atoms with Gasteiger partial charge in [0.1, 0.15) is 11.6 Å². The van der Waals surface area contributed by atoms with Crippen molar-refractivity contribution in [3.05, 3.63) is 56.1 Å². The van der Waals surface area contributed by atoms with Crippen LogP contribution in [0, 0.1) is 0 Å². The molecular weight excluding hydrogens is 360 g/mol. The van der Waals surface area contributed by atoms with E-state index in [1.54, 1.807) is 31.0 Å². The van der Waals surface area contributed by atoms with E-state index in [0.717, 1.165) is 10.9 Å². The lowest BCUT2D eigenvalue weighted by molar-refractivity contribution is -0.116. The van der Waals surface area contributed by atoms with Crippen LogP contribution in [0.2, 0.25) is 0 Å². The molecule has 1 aromatic carbocycles. The summed E-state index contributed by atoms with van der Waals surface area (Å²) in [5.74, 6) is 0.277.